The maximum atomic E-state index is 14.5. The van der Waals surface area contributed by atoms with Crippen molar-refractivity contribution in [3.05, 3.63) is 48.0 Å². The number of methoxy groups -OCH3 is 1. The van der Waals surface area contributed by atoms with Crippen LogP contribution in [0.1, 0.15) is 104 Å². The predicted molar refractivity (Wildman–Crippen MR) is 193 cm³/mol. The Bertz CT molecular complexity index is 1480. The summed E-state index contributed by atoms with van der Waals surface area (Å²) in [7, 11) is 1.31. The van der Waals surface area contributed by atoms with Gasteiger partial charge in [-0.2, -0.15) is 0 Å². The molecule has 0 aliphatic heterocycles. The van der Waals surface area contributed by atoms with E-state index in [1.807, 2.05) is 30.3 Å². The normalized spacial score (nSPS) is 42.5. The van der Waals surface area contributed by atoms with Crippen LogP contribution in [0.3, 0.4) is 0 Å². The number of hydrogen-bond donors (Lipinski definition) is 4. The van der Waals surface area contributed by atoms with Gasteiger partial charge in [-0.3, -0.25) is 9.59 Å². The van der Waals surface area contributed by atoms with Crippen molar-refractivity contribution in [2.24, 2.45) is 56.7 Å². The van der Waals surface area contributed by atoms with Crippen molar-refractivity contribution in [2.75, 3.05) is 20.3 Å². The Balaban J connectivity index is 1.22. The van der Waals surface area contributed by atoms with E-state index in [2.05, 4.69) is 51.8 Å². The van der Waals surface area contributed by atoms with Crippen LogP contribution in [0.4, 0.5) is 0 Å². The van der Waals surface area contributed by atoms with Crippen LogP contribution in [-0.4, -0.2) is 60.4 Å². The van der Waals surface area contributed by atoms with Crippen LogP contribution >= 0.6 is 0 Å². The molecule has 276 valence electrons. The van der Waals surface area contributed by atoms with Crippen molar-refractivity contribution in [2.45, 2.75) is 117 Å². The Kier molecular flexibility index (Phi) is 9.91. The van der Waals surface area contributed by atoms with Gasteiger partial charge in [-0.25, -0.2) is 4.79 Å². The monoisotopic (exact) mass is 690 g/mol. The molecular formula is C42H62N2O6. The minimum atomic E-state index is -0.845. The zero-order valence-corrected chi connectivity index (χ0v) is 31.4. The standard InChI is InChI=1S/C42H62N2O6/c1-26(2)28-15-20-42(37(49)43-24-34(47)44-30(36(48)50-7)23-27-11-9-8-10-12-27)22-21-40(5)29(35(28)42)13-14-32-38(3)18-17-33(46)39(4,25-45)31(38)16-19-41(32,40)6/h8-12,28-33,35,45-46H,1,13-25H2,2-7H3,(H,43,49)(H,44,47)/t28-,29+,30-,31+,32+,33-,35+,38-,39-,40+,41+,42-/m0/s1. The average molecular weight is 691 g/mol. The van der Waals surface area contributed by atoms with E-state index in [9.17, 15) is 24.6 Å². The van der Waals surface area contributed by atoms with Crippen LogP contribution in [0, 0.1) is 56.7 Å². The van der Waals surface area contributed by atoms with Crippen LogP contribution in [0.5, 0.6) is 0 Å². The minimum absolute atomic E-state index is 0.0200. The van der Waals surface area contributed by atoms with Gasteiger partial charge in [0.15, 0.2) is 0 Å². The molecule has 0 aromatic heterocycles. The van der Waals surface area contributed by atoms with Gasteiger partial charge in [-0.05, 0) is 123 Å². The first-order chi connectivity index (χ1) is 23.6. The zero-order valence-electron chi connectivity index (χ0n) is 31.4. The molecule has 0 radical (unpaired) electrons. The van der Waals surface area contributed by atoms with Gasteiger partial charge in [0.05, 0.1) is 31.8 Å². The molecule has 0 bridgehead atoms. The summed E-state index contributed by atoms with van der Waals surface area (Å²) in [5.41, 5.74) is 1.17. The number of fused-ring (bicyclic) bond motifs is 7. The average Bonchev–Trinajstić information content (AvgIpc) is 3.50. The van der Waals surface area contributed by atoms with Crippen molar-refractivity contribution >= 4 is 17.8 Å². The number of rotatable bonds is 9. The number of amides is 2. The summed E-state index contributed by atoms with van der Waals surface area (Å²) in [5.74, 6) is 0.572. The number of nitrogens with one attached hydrogen (secondary N) is 2. The van der Waals surface area contributed by atoms with Crippen LogP contribution in [0.2, 0.25) is 0 Å². The molecule has 0 saturated heterocycles. The Hall–Kier alpha value is -2.71. The van der Waals surface area contributed by atoms with Crippen molar-refractivity contribution in [1.82, 2.24) is 10.6 Å². The van der Waals surface area contributed by atoms with E-state index in [1.165, 1.54) is 7.11 Å². The van der Waals surface area contributed by atoms with Crippen molar-refractivity contribution in [1.29, 1.82) is 0 Å². The van der Waals surface area contributed by atoms with Gasteiger partial charge in [0.1, 0.15) is 6.04 Å². The Morgan fingerprint density at radius 1 is 0.920 bits per heavy atom. The third-order valence-corrected chi connectivity index (χ3v) is 16.2. The molecule has 50 heavy (non-hydrogen) atoms. The third kappa shape index (κ3) is 5.57. The fourth-order valence-corrected chi connectivity index (χ4v) is 13.3. The fourth-order valence-electron chi connectivity index (χ4n) is 13.3. The quantitative estimate of drug-likeness (QED) is 0.186. The molecule has 5 aliphatic rings. The molecule has 0 heterocycles. The van der Waals surface area contributed by atoms with E-state index < -0.39 is 34.9 Å². The van der Waals surface area contributed by atoms with Crippen molar-refractivity contribution < 1.29 is 29.3 Å². The fraction of sp³-hybridized carbons (Fsp3) is 0.738. The van der Waals surface area contributed by atoms with Crippen LogP contribution in [0.15, 0.2) is 42.5 Å². The number of aliphatic hydroxyl groups is 2. The number of ether oxygens (including phenoxy) is 1. The lowest BCUT2D eigenvalue weighted by molar-refractivity contribution is -0.252. The van der Waals surface area contributed by atoms with E-state index in [-0.39, 0.29) is 53.1 Å². The van der Waals surface area contributed by atoms with Gasteiger partial charge < -0.3 is 25.6 Å². The van der Waals surface area contributed by atoms with E-state index in [0.717, 1.165) is 75.3 Å². The summed E-state index contributed by atoms with van der Waals surface area (Å²) in [6.45, 7) is 16.1. The Morgan fingerprint density at radius 3 is 2.30 bits per heavy atom. The molecule has 5 fully saturated rings. The van der Waals surface area contributed by atoms with Crippen LogP contribution < -0.4 is 10.6 Å². The van der Waals surface area contributed by atoms with Crippen LogP contribution in [-0.2, 0) is 25.5 Å². The highest BCUT2D eigenvalue weighted by Crippen LogP contribution is 2.77. The zero-order chi connectivity index (χ0) is 36.3. The first-order valence-electron chi connectivity index (χ1n) is 19.2. The summed E-state index contributed by atoms with van der Waals surface area (Å²) < 4.78 is 4.99. The van der Waals surface area contributed by atoms with Gasteiger partial charge >= 0.3 is 5.97 Å². The third-order valence-electron chi connectivity index (χ3n) is 16.2. The lowest BCUT2D eigenvalue weighted by atomic mass is 9.32. The minimum Gasteiger partial charge on any atom is -0.467 e. The molecule has 8 heteroatoms. The number of allylic oxidation sites excluding steroid dienone is 1. The van der Waals surface area contributed by atoms with Crippen molar-refractivity contribution in [3.63, 3.8) is 0 Å². The number of esters is 1. The highest BCUT2D eigenvalue weighted by atomic mass is 16.5. The van der Waals surface area contributed by atoms with E-state index in [4.69, 9.17) is 4.74 Å². The molecule has 8 nitrogen and oxygen atoms in total. The lowest BCUT2D eigenvalue weighted by Gasteiger charge is -2.73. The Morgan fingerprint density at radius 2 is 1.64 bits per heavy atom. The summed E-state index contributed by atoms with van der Waals surface area (Å²) in [4.78, 5) is 40.3. The molecule has 12 atom stereocenters. The first kappa shape index (κ1) is 37.1. The summed E-state index contributed by atoms with van der Waals surface area (Å²) in [6, 6.07) is 8.65. The lowest BCUT2D eigenvalue weighted by Crippen LogP contribution is -2.68. The highest BCUT2D eigenvalue weighted by molar-refractivity contribution is 5.90. The van der Waals surface area contributed by atoms with Gasteiger partial charge in [-0.1, -0.05) is 70.2 Å². The molecule has 6 rings (SSSR count). The number of aliphatic hydroxyl groups excluding tert-OH is 2. The van der Waals surface area contributed by atoms with Crippen molar-refractivity contribution in [3.8, 4) is 0 Å². The first-order valence-corrected chi connectivity index (χ1v) is 19.2. The van der Waals surface area contributed by atoms with E-state index in [1.54, 1.807) is 0 Å². The molecule has 1 aromatic carbocycles. The molecule has 0 unspecified atom stereocenters. The number of carbonyl (C=O) groups is 3. The summed E-state index contributed by atoms with van der Waals surface area (Å²) in [6.07, 6.45) is 9.27. The van der Waals surface area contributed by atoms with Gasteiger partial charge in [-0.15, -0.1) is 0 Å². The predicted octanol–water partition coefficient (Wildman–Crippen LogP) is 5.99. The largest absolute Gasteiger partial charge is 0.467 e. The second-order valence-corrected chi connectivity index (χ2v) is 18.1. The number of hydrogen-bond acceptors (Lipinski definition) is 6. The highest BCUT2D eigenvalue weighted by Gasteiger charge is 2.72. The molecule has 0 spiro atoms. The van der Waals surface area contributed by atoms with Gasteiger partial charge in [0.2, 0.25) is 11.8 Å². The molecule has 1 aromatic rings. The SMILES string of the molecule is C=C(C)[C@@H]1CC[C@]2(C(=O)NCC(=O)N[C@@H](Cc3ccccc3)C(=O)OC)CC[C@]3(C)[C@H](CC[C@@H]4[C@@]5(C)CC[C@H](O)[C@@](C)(CO)[C@@H]5CC[C@]43C)[C@@H]12. The molecule has 5 aliphatic carbocycles. The molecule has 5 saturated carbocycles. The Labute approximate surface area is 299 Å². The molecule has 2 amide bonds. The smallest absolute Gasteiger partial charge is 0.328 e. The number of benzene rings is 1. The van der Waals surface area contributed by atoms with Gasteiger partial charge in [0.25, 0.3) is 0 Å². The van der Waals surface area contributed by atoms with Crippen LogP contribution in [0.25, 0.3) is 0 Å². The second kappa shape index (κ2) is 13.4. The van der Waals surface area contributed by atoms with Gasteiger partial charge in [0, 0.05) is 11.8 Å². The van der Waals surface area contributed by atoms with E-state index >= 15 is 0 Å². The summed E-state index contributed by atoms with van der Waals surface area (Å²) >= 11 is 0. The number of carbonyl (C=O) groups excluding carboxylic acids is 3. The molecular weight excluding hydrogens is 628 g/mol. The molecule has 4 N–H and O–H groups in total. The summed E-state index contributed by atoms with van der Waals surface area (Å²) in [5, 5.41) is 27.6. The maximum absolute atomic E-state index is 14.5. The topological polar surface area (TPSA) is 125 Å². The van der Waals surface area contributed by atoms with E-state index in [0.29, 0.717) is 18.3 Å². The second-order valence-electron chi connectivity index (χ2n) is 18.1. The maximum Gasteiger partial charge on any atom is 0.328 e.